The van der Waals surface area contributed by atoms with Gasteiger partial charge in [-0.05, 0) is 23.1 Å². The minimum atomic E-state index is -1.15. The van der Waals surface area contributed by atoms with Gasteiger partial charge in [0, 0.05) is 11.8 Å². The van der Waals surface area contributed by atoms with Crippen molar-refractivity contribution in [3.63, 3.8) is 0 Å². The summed E-state index contributed by atoms with van der Waals surface area (Å²) in [5.41, 5.74) is 0.320. The Morgan fingerprint density at radius 1 is 1.00 bits per heavy atom. The van der Waals surface area contributed by atoms with Crippen molar-refractivity contribution in [2.75, 3.05) is 0 Å². The Hall–Kier alpha value is -2.88. The lowest BCUT2D eigenvalue weighted by molar-refractivity contribution is -0.145. The van der Waals surface area contributed by atoms with E-state index in [4.69, 9.17) is 4.74 Å². The van der Waals surface area contributed by atoms with Gasteiger partial charge in [0.1, 0.15) is 11.6 Å². The fraction of sp³-hybridized carbons (Fsp3) is 0.105. The van der Waals surface area contributed by atoms with Crippen molar-refractivity contribution < 1.29 is 19.0 Å². The van der Waals surface area contributed by atoms with E-state index < -0.39 is 17.9 Å². The zero-order valence-electron chi connectivity index (χ0n) is 12.3. The summed E-state index contributed by atoms with van der Waals surface area (Å²) < 4.78 is 19.4. The molecule has 0 saturated carbocycles. The smallest absolute Gasteiger partial charge is 0.345 e. The summed E-state index contributed by atoms with van der Waals surface area (Å²) in [5, 5.41) is 11.2. The van der Waals surface area contributed by atoms with Crippen LogP contribution in [-0.4, -0.2) is 17.2 Å². The van der Waals surface area contributed by atoms with Crippen molar-refractivity contribution in [1.82, 2.24) is 0 Å². The van der Waals surface area contributed by atoms with E-state index in [0.717, 1.165) is 10.8 Å². The van der Waals surface area contributed by atoms with Crippen LogP contribution in [0.4, 0.5) is 4.39 Å². The lowest BCUT2D eigenvalue weighted by Gasteiger charge is -2.17. The first kappa shape index (κ1) is 15.0. The maximum absolute atomic E-state index is 13.8. The third-order valence-electron chi connectivity index (χ3n) is 3.66. The Morgan fingerprint density at radius 3 is 2.48 bits per heavy atom. The van der Waals surface area contributed by atoms with E-state index in [2.05, 4.69) is 0 Å². The van der Waals surface area contributed by atoms with Crippen LogP contribution in [0, 0.1) is 5.82 Å². The lowest BCUT2D eigenvalue weighted by Crippen LogP contribution is -2.29. The van der Waals surface area contributed by atoms with Crippen LogP contribution in [0.25, 0.3) is 10.8 Å². The van der Waals surface area contributed by atoms with Gasteiger partial charge in [0.05, 0.1) is 0 Å². The second-order valence-electron chi connectivity index (χ2n) is 5.22. The summed E-state index contributed by atoms with van der Waals surface area (Å²) in [6.45, 7) is 0. The highest BCUT2D eigenvalue weighted by molar-refractivity contribution is 5.88. The molecule has 3 aromatic carbocycles. The van der Waals surface area contributed by atoms with Gasteiger partial charge >= 0.3 is 5.97 Å². The zero-order chi connectivity index (χ0) is 16.2. The van der Waals surface area contributed by atoms with E-state index >= 15 is 0 Å². The first-order valence-corrected chi connectivity index (χ1v) is 7.26. The van der Waals surface area contributed by atoms with Gasteiger partial charge in [-0.3, -0.25) is 0 Å². The van der Waals surface area contributed by atoms with Crippen molar-refractivity contribution in [2.24, 2.45) is 0 Å². The predicted molar refractivity (Wildman–Crippen MR) is 86.1 cm³/mol. The summed E-state index contributed by atoms with van der Waals surface area (Å²) in [5.74, 6) is -1.08. The molecule has 0 saturated heterocycles. The van der Waals surface area contributed by atoms with Gasteiger partial charge < -0.3 is 9.84 Å². The monoisotopic (exact) mass is 310 g/mol. The van der Waals surface area contributed by atoms with Crippen molar-refractivity contribution in [3.8, 4) is 5.75 Å². The number of benzene rings is 3. The molecule has 0 spiro atoms. The summed E-state index contributed by atoms with van der Waals surface area (Å²) in [6.07, 6.45) is -1.19. The average molecular weight is 310 g/mol. The van der Waals surface area contributed by atoms with E-state index in [0.29, 0.717) is 11.3 Å². The first-order chi connectivity index (χ1) is 11.1. The molecule has 23 heavy (non-hydrogen) atoms. The highest BCUT2D eigenvalue weighted by Crippen LogP contribution is 2.27. The van der Waals surface area contributed by atoms with Gasteiger partial charge in [0.25, 0.3) is 0 Å². The van der Waals surface area contributed by atoms with E-state index in [9.17, 15) is 14.3 Å². The zero-order valence-corrected chi connectivity index (χ0v) is 12.3. The van der Waals surface area contributed by atoms with Gasteiger partial charge in [0.2, 0.25) is 0 Å². The van der Waals surface area contributed by atoms with Crippen LogP contribution < -0.4 is 4.74 Å². The molecule has 0 aliphatic carbocycles. The molecular weight excluding hydrogens is 295 g/mol. The van der Waals surface area contributed by atoms with Crippen LogP contribution in [0.3, 0.4) is 0 Å². The number of carboxylic acids is 1. The predicted octanol–water partition coefficient (Wildman–Crippen LogP) is 4.05. The van der Waals surface area contributed by atoms with Crippen LogP contribution in [0.5, 0.6) is 5.75 Å². The van der Waals surface area contributed by atoms with Crippen LogP contribution in [0.2, 0.25) is 0 Å². The van der Waals surface area contributed by atoms with Crippen molar-refractivity contribution >= 4 is 16.7 Å². The molecule has 0 fully saturated rings. The molecule has 0 amide bonds. The van der Waals surface area contributed by atoms with Crippen LogP contribution in [0.15, 0.2) is 66.7 Å². The molecule has 3 rings (SSSR count). The van der Waals surface area contributed by atoms with E-state index in [1.165, 1.54) is 6.07 Å². The molecule has 0 heterocycles. The number of hydrogen-bond acceptors (Lipinski definition) is 2. The van der Waals surface area contributed by atoms with Gasteiger partial charge in [-0.2, -0.15) is 0 Å². The van der Waals surface area contributed by atoms with Crippen LogP contribution in [-0.2, 0) is 11.2 Å². The number of hydrogen-bond donors (Lipinski definition) is 1. The van der Waals surface area contributed by atoms with E-state index in [1.54, 1.807) is 30.3 Å². The molecule has 0 aliphatic rings. The topological polar surface area (TPSA) is 46.5 Å². The molecule has 0 bridgehead atoms. The molecule has 0 aromatic heterocycles. The lowest BCUT2D eigenvalue weighted by atomic mass is 10.1. The van der Waals surface area contributed by atoms with Gasteiger partial charge in [0.15, 0.2) is 6.10 Å². The average Bonchev–Trinajstić information content (AvgIpc) is 2.56. The number of aliphatic carboxylic acids is 1. The first-order valence-electron chi connectivity index (χ1n) is 7.26. The maximum atomic E-state index is 13.8. The summed E-state index contributed by atoms with van der Waals surface area (Å²) in [6, 6.07) is 19.1. The number of carbonyl (C=O) groups is 1. The Kier molecular flexibility index (Phi) is 4.24. The standard InChI is InChI=1S/C19H15FO3/c20-16-10-4-2-7-14(16)12-18(19(21)22)23-17-11-5-8-13-6-1-3-9-15(13)17/h1-11,18H,12H2,(H,21,22). The maximum Gasteiger partial charge on any atom is 0.345 e. The highest BCUT2D eigenvalue weighted by Gasteiger charge is 2.22. The molecule has 0 radical (unpaired) electrons. The van der Waals surface area contributed by atoms with Crippen molar-refractivity contribution in [3.05, 3.63) is 78.1 Å². The number of halogens is 1. The fourth-order valence-electron chi connectivity index (χ4n) is 2.49. The number of fused-ring (bicyclic) bond motifs is 1. The Morgan fingerprint density at radius 2 is 1.70 bits per heavy atom. The minimum absolute atomic E-state index is 0.0365. The fourth-order valence-corrected chi connectivity index (χ4v) is 2.49. The SMILES string of the molecule is O=C(O)C(Cc1ccccc1F)Oc1cccc2ccccc12. The second kappa shape index (κ2) is 6.48. The molecular formula is C19H15FO3. The van der Waals surface area contributed by atoms with E-state index in [1.807, 2.05) is 30.3 Å². The number of ether oxygens (including phenoxy) is 1. The molecule has 3 aromatic rings. The largest absolute Gasteiger partial charge is 0.478 e. The van der Waals surface area contributed by atoms with Crippen LogP contribution in [0.1, 0.15) is 5.56 Å². The highest BCUT2D eigenvalue weighted by atomic mass is 19.1. The van der Waals surface area contributed by atoms with Gasteiger partial charge in [-0.25, -0.2) is 9.18 Å². The van der Waals surface area contributed by atoms with Crippen molar-refractivity contribution in [1.29, 1.82) is 0 Å². The molecule has 116 valence electrons. The summed E-state index contributed by atoms with van der Waals surface area (Å²) >= 11 is 0. The van der Waals surface area contributed by atoms with Gasteiger partial charge in [-0.15, -0.1) is 0 Å². The molecule has 0 aliphatic heterocycles. The van der Waals surface area contributed by atoms with Gasteiger partial charge in [-0.1, -0.05) is 54.6 Å². The summed E-state index contributed by atoms with van der Waals surface area (Å²) in [4.78, 5) is 11.5. The van der Waals surface area contributed by atoms with E-state index in [-0.39, 0.29) is 6.42 Å². The van der Waals surface area contributed by atoms with Crippen molar-refractivity contribution in [2.45, 2.75) is 12.5 Å². The number of carboxylic acid groups (broad SMARTS) is 1. The third-order valence-corrected chi connectivity index (χ3v) is 3.66. The Balaban J connectivity index is 1.90. The Bertz CT molecular complexity index is 839. The molecule has 4 heteroatoms. The third kappa shape index (κ3) is 3.31. The quantitative estimate of drug-likeness (QED) is 0.773. The second-order valence-corrected chi connectivity index (χ2v) is 5.22. The normalized spacial score (nSPS) is 12.0. The molecule has 1 atom stereocenters. The molecule has 1 unspecified atom stereocenters. The number of rotatable bonds is 5. The minimum Gasteiger partial charge on any atom is -0.478 e. The Labute approximate surface area is 132 Å². The molecule has 1 N–H and O–H groups in total. The molecule has 3 nitrogen and oxygen atoms in total. The summed E-state index contributed by atoms with van der Waals surface area (Å²) in [7, 11) is 0. The van der Waals surface area contributed by atoms with Crippen LogP contribution >= 0.6 is 0 Å².